The summed E-state index contributed by atoms with van der Waals surface area (Å²) in [6, 6.07) is 20.1. The van der Waals surface area contributed by atoms with E-state index >= 15 is 0 Å². The van der Waals surface area contributed by atoms with E-state index in [4.69, 9.17) is 4.74 Å². The predicted molar refractivity (Wildman–Crippen MR) is 112 cm³/mol. The van der Waals surface area contributed by atoms with Gasteiger partial charge in [-0.1, -0.05) is 48.0 Å². The number of carbonyl (C=O) groups is 1. The Morgan fingerprint density at radius 1 is 1.04 bits per heavy atom. The molecule has 1 fully saturated rings. The average Bonchev–Trinajstić information content (AvgIpc) is 3.17. The van der Waals surface area contributed by atoms with Crippen LogP contribution in [-0.4, -0.2) is 32.2 Å². The first-order valence-corrected chi connectivity index (χ1v) is 9.92. The summed E-state index contributed by atoms with van der Waals surface area (Å²) in [6.07, 6.45) is 0. The highest BCUT2D eigenvalue weighted by atomic mass is 32.1. The quantitative estimate of drug-likeness (QED) is 0.708. The molecule has 27 heavy (non-hydrogen) atoms. The van der Waals surface area contributed by atoms with Gasteiger partial charge in [-0.25, -0.2) is 0 Å². The number of hydrogen-bond donors (Lipinski definition) is 1. The topological polar surface area (TPSA) is 41.6 Å². The second kappa shape index (κ2) is 7.94. The molecule has 3 aromatic rings. The Hall–Kier alpha value is -2.63. The fourth-order valence-corrected chi connectivity index (χ4v) is 4.28. The van der Waals surface area contributed by atoms with Crippen molar-refractivity contribution in [3.8, 4) is 11.1 Å². The van der Waals surface area contributed by atoms with Crippen LogP contribution in [0.15, 0.2) is 60.7 Å². The number of hydrogen-bond acceptors (Lipinski definition) is 4. The molecule has 4 rings (SSSR count). The standard InChI is InChI=1S/C22H22N2O2S/c1-16-7-9-18(10-8-16)23-21(25)20-15-19(17-5-3-2-4-6-17)22(27-20)24-11-13-26-14-12-24/h2-10,15H,11-14H2,1H3,(H,23,25). The van der Waals surface area contributed by atoms with Gasteiger partial charge in [0.2, 0.25) is 0 Å². The molecule has 2 aromatic carbocycles. The molecule has 1 amide bonds. The van der Waals surface area contributed by atoms with Gasteiger partial charge in [-0.2, -0.15) is 0 Å². The Kier molecular flexibility index (Phi) is 5.23. The summed E-state index contributed by atoms with van der Waals surface area (Å²) in [7, 11) is 0. The summed E-state index contributed by atoms with van der Waals surface area (Å²) in [4.78, 5) is 15.9. The first-order chi connectivity index (χ1) is 13.2. The highest BCUT2D eigenvalue weighted by Gasteiger charge is 2.22. The van der Waals surface area contributed by atoms with E-state index in [1.807, 2.05) is 55.5 Å². The van der Waals surface area contributed by atoms with Crippen molar-refractivity contribution in [2.45, 2.75) is 6.92 Å². The molecule has 0 unspecified atom stereocenters. The molecule has 1 aromatic heterocycles. The number of anilines is 2. The van der Waals surface area contributed by atoms with E-state index in [9.17, 15) is 4.79 Å². The molecule has 1 aliphatic heterocycles. The van der Waals surface area contributed by atoms with Crippen molar-refractivity contribution in [3.63, 3.8) is 0 Å². The Labute approximate surface area is 163 Å². The van der Waals surface area contributed by atoms with Gasteiger partial charge in [0.25, 0.3) is 5.91 Å². The molecule has 0 saturated carbocycles. The number of amides is 1. The van der Waals surface area contributed by atoms with Gasteiger partial charge in [0.05, 0.1) is 23.1 Å². The van der Waals surface area contributed by atoms with E-state index in [-0.39, 0.29) is 5.91 Å². The van der Waals surface area contributed by atoms with E-state index < -0.39 is 0 Å². The molecule has 138 valence electrons. The molecule has 0 bridgehead atoms. The van der Waals surface area contributed by atoms with E-state index in [1.165, 1.54) is 5.56 Å². The number of thiophene rings is 1. The van der Waals surface area contributed by atoms with Gasteiger partial charge in [-0.05, 0) is 30.7 Å². The Balaban J connectivity index is 1.65. The smallest absolute Gasteiger partial charge is 0.265 e. The molecule has 5 heteroatoms. The Morgan fingerprint density at radius 3 is 2.44 bits per heavy atom. The molecule has 4 nitrogen and oxygen atoms in total. The minimum absolute atomic E-state index is 0.0689. The predicted octanol–water partition coefficient (Wildman–Crippen LogP) is 4.81. The van der Waals surface area contributed by atoms with Crippen molar-refractivity contribution < 1.29 is 9.53 Å². The normalized spacial score (nSPS) is 14.2. The number of rotatable bonds is 4. The SMILES string of the molecule is Cc1ccc(NC(=O)c2cc(-c3ccccc3)c(N3CCOCC3)s2)cc1. The van der Waals surface area contributed by atoms with E-state index in [2.05, 4.69) is 22.3 Å². The number of benzene rings is 2. The second-order valence-electron chi connectivity index (χ2n) is 6.62. The molecule has 1 saturated heterocycles. The third kappa shape index (κ3) is 4.04. The van der Waals surface area contributed by atoms with Crippen LogP contribution in [0.25, 0.3) is 11.1 Å². The molecular formula is C22H22N2O2S. The van der Waals surface area contributed by atoms with Gasteiger partial charge in [-0.3, -0.25) is 4.79 Å². The zero-order chi connectivity index (χ0) is 18.6. The maximum absolute atomic E-state index is 12.8. The first-order valence-electron chi connectivity index (χ1n) is 9.11. The fraction of sp³-hybridized carbons (Fsp3) is 0.227. The second-order valence-corrected chi connectivity index (χ2v) is 7.65. The van der Waals surface area contributed by atoms with Gasteiger partial charge < -0.3 is 15.0 Å². The summed E-state index contributed by atoms with van der Waals surface area (Å²) in [5, 5.41) is 4.15. The zero-order valence-corrected chi connectivity index (χ0v) is 16.1. The molecule has 1 aliphatic rings. The molecule has 2 heterocycles. The molecule has 0 radical (unpaired) electrons. The number of aryl methyl sites for hydroxylation is 1. The number of morpholine rings is 1. The molecular weight excluding hydrogens is 356 g/mol. The molecule has 0 atom stereocenters. The van der Waals surface area contributed by atoms with Crippen molar-refractivity contribution in [2.24, 2.45) is 0 Å². The lowest BCUT2D eigenvalue weighted by Crippen LogP contribution is -2.35. The van der Waals surface area contributed by atoms with Gasteiger partial charge >= 0.3 is 0 Å². The number of nitrogens with one attached hydrogen (secondary N) is 1. The molecule has 1 N–H and O–H groups in total. The van der Waals surface area contributed by atoms with Crippen molar-refractivity contribution in [3.05, 3.63) is 71.1 Å². The Bertz CT molecular complexity index is 913. The van der Waals surface area contributed by atoms with Crippen molar-refractivity contribution >= 4 is 27.9 Å². The monoisotopic (exact) mass is 378 g/mol. The lowest BCUT2D eigenvalue weighted by Gasteiger charge is -2.28. The van der Waals surface area contributed by atoms with Crippen molar-refractivity contribution in [1.29, 1.82) is 0 Å². The average molecular weight is 378 g/mol. The third-order valence-electron chi connectivity index (χ3n) is 4.63. The molecule has 0 aliphatic carbocycles. The zero-order valence-electron chi connectivity index (χ0n) is 15.3. The summed E-state index contributed by atoms with van der Waals surface area (Å²) in [5.74, 6) is -0.0689. The number of carbonyl (C=O) groups excluding carboxylic acids is 1. The highest BCUT2D eigenvalue weighted by molar-refractivity contribution is 7.18. The lowest BCUT2D eigenvalue weighted by atomic mass is 10.1. The largest absolute Gasteiger partial charge is 0.378 e. The summed E-state index contributed by atoms with van der Waals surface area (Å²) in [6.45, 7) is 5.17. The van der Waals surface area contributed by atoms with Crippen LogP contribution in [0.3, 0.4) is 0 Å². The number of ether oxygens (including phenoxy) is 1. The first kappa shape index (κ1) is 17.8. The van der Waals surface area contributed by atoms with Crippen LogP contribution < -0.4 is 10.2 Å². The van der Waals surface area contributed by atoms with Crippen LogP contribution in [0.5, 0.6) is 0 Å². The Morgan fingerprint density at radius 2 is 1.74 bits per heavy atom. The van der Waals surface area contributed by atoms with E-state index in [0.29, 0.717) is 0 Å². The van der Waals surface area contributed by atoms with Gasteiger partial charge in [-0.15, -0.1) is 11.3 Å². The maximum atomic E-state index is 12.8. The van der Waals surface area contributed by atoms with Crippen LogP contribution in [0.2, 0.25) is 0 Å². The summed E-state index contributed by atoms with van der Waals surface area (Å²) >= 11 is 1.55. The fourth-order valence-electron chi connectivity index (χ4n) is 3.15. The van der Waals surface area contributed by atoms with Gasteiger partial charge in [0.1, 0.15) is 0 Å². The van der Waals surface area contributed by atoms with Crippen LogP contribution in [0, 0.1) is 6.92 Å². The number of nitrogens with zero attached hydrogens (tertiary/aromatic N) is 1. The summed E-state index contributed by atoms with van der Waals surface area (Å²) < 4.78 is 5.49. The van der Waals surface area contributed by atoms with E-state index in [1.54, 1.807) is 11.3 Å². The van der Waals surface area contributed by atoms with Crippen LogP contribution >= 0.6 is 11.3 Å². The molecule has 0 spiro atoms. The third-order valence-corrected chi connectivity index (χ3v) is 5.82. The van der Waals surface area contributed by atoms with E-state index in [0.717, 1.165) is 53.0 Å². The minimum atomic E-state index is -0.0689. The van der Waals surface area contributed by atoms with Crippen molar-refractivity contribution in [2.75, 3.05) is 36.5 Å². The summed E-state index contributed by atoms with van der Waals surface area (Å²) in [5.41, 5.74) is 4.22. The lowest BCUT2D eigenvalue weighted by molar-refractivity contribution is 0.103. The van der Waals surface area contributed by atoms with Crippen LogP contribution in [0.1, 0.15) is 15.2 Å². The van der Waals surface area contributed by atoms with Crippen molar-refractivity contribution in [1.82, 2.24) is 0 Å². The van der Waals surface area contributed by atoms with Gasteiger partial charge in [0.15, 0.2) is 0 Å². The maximum Gasteiger partial charge on any atom is 0.265 e. The van der Waals surface area contributed by atoms with Crippen LogP contribution in [-0.2, 0) is 4.74 Å². The minimum Gasteiger partial charge on any atom is -0.378 e. The van der Waals surface area contributed by atoms with Gasteiger partial charge in [0, 0.05) is 24.3 Å². The highest BCUT2D eigenvalue weighted by Crippen LogP contribution is 2.39. The van der Waals surface area contributed by atoms with Crippen LogP contribution in [0.4, 0.5) is 10.7 Å².